The van der Waals surface area contributed by atoms with Gasteiger partial charge in [-0.3, -0.25) is 4.90 Å². The Balaban J connectivity index is 2.07. The quantitative estimate of drug-likeness (QED) is 0.608. The molecule has 1 fully saturated rings. The summed E-state index contributed by atoms with van der Waals surface area (Å²) in [6, 6.07) is 0.282. The third-order valence-corrected chi connectivity index (χ3v) is 2.69. The van der Waals surface area contributed by atoms with Crippen LogP contribution < -0.4 is 5.32 Å². The number of methoxy groups -OCH3 is 1. The number of aliphatic hydroxyl groups excluding tert-OH is 1. The van der Waals surface area contributed by atoms with Gasteiger partial charge >= 0.3 is 0 Å². The molecule has 1 saturated heterocycles. The molecule has 5 nitrogen and oxygen atoms in total. The van der Waals surface area contributed by atoms with Crippen molar-refractivity contribution in [2.45, 2.75) is 19.1 Å². The molecule has 5 heteroatoms. The summed E-state index contributed by atoms with van der Waals surface area (Å²) >= 11 is 0. The molecule has 1 rings (SSSR count). The van der Waals surface area contributed by atoms with E-state index in [4.69, 9.17) is 9.47 Å². The lowest BCUT2D eigenvalue weighted by atomic mass is 10.2. The first-order chi connectivity index (χ1) is 7.72. The monoisotopic (exact) mass is 232 g/mol. The molecule has 16 heavy (non-hydrogen) atoms. The maximum absolute atomic E-state index is 9.83. The molecule has 0 amide bonds. The zero-order valence-corrected chi connectivity index (χ0v) is 10.3. The molecule has 1 heterocycles. The second-order valence-corrected chi connectivity index (χ2v) is 4.33. The number of ether oxygens (including phenoxy) is 2. The van der Waals surface area contributed by atoms with Crippen molar-refractivity contribution in [1.82, 2.24) is 10.2 Å². The van der Waals surface area contributed by atoms with Crippen molar-refractivity contribution in [2.24, 2.45) is 0 Å². The maximum Gasteiger partial charge on any atom is 0.0791 e. The number of nitrogens with one attached hydrogen (secondary N) is 1. The molecule has 0 aliphatic carbocycles. The summed E-state index contributed by atoms with van der Waals surface area (Å²) < 4.78 is 10.3. The Morgan fingerprint density at radius 3 is 2.75 bits per heavy atom. The van der Waals surface area contributed by atoms with Crippen LogP contribution in [0.4, 0.5) is 0 Å². The summed E-state index contributed by atoms with van der Waals surface area (Å²) in [7, 11) is 1.68. The second kappa shape index (κ2) is 7.97. The lowest BCUT2D eigenvalue weighted by Crippen LogP contribution is -2.45. The van der Waals surface area contributed by atoms with Gasteiger partial charge in [0.05, 0.1) is 25.9 Å². The maximum atomic E-state index is 9.83. The summed E-state index contributed by atoms with van der Waals surface area (Å²) in [6.45, 7) is 7.45. The summed E-state index contributed by atoms with van der Waals surface area (Å²) in [5.41, 5.74) is 0. The molecule has 2 N–H and O–H groups in total. The molecule has 0 aromatic heterocycles. The molecular formula is C11H24N2O3. The minimum Gasteiger partial charge on any atom is -0.390 e. The van der Waals surface area contributed by atoms with Crippen LogP contribution in [-0.4, -0.2) is 75.3 Å². The first-order valence-corrected chi connectivity index (χ1v) is 5.93. The van der Waals surface area contributed by atoms with Gasteiger partial charge in [-0.1, -0.05) is 0 Å². The van der Waals surface area contributed by atoms with Gasteiger partial charge in [0.2, 0.25) is 0 Å². The van der Waals surface area contributed by atoms with Crippen LogP contribution in [0, 0.1) is 0 Å². The number of nitrogens with zero attached hydrogens (tertiary/aromatic N) is 1. The number of morpholine rings is 1. The van der Waals surface area contributed by atoms with Crippen LogP contribution in [0.2, 0.25) is 0 Å². The Bertz CT molecular complexity index is 175. The summed E-state index contributed by atoms with van der Waals surface area (Å²) in [6.07, 6.45) is -0.322. The van der Waals surface area contributed by atoms with Gasteiger partial charge in [0.15, 0.2) is 0 Å². The van der Waals surface area contributed by atoms with Crippen LogP contribution in [0.3, 0.4) is 0 Å². The third kappa shape index (κ3) is 5.77. The average molecular weight is 232 g/mol. The molecule has 0 spiro atoms. The molecule has 0 aromatic rings. The standard InChI is InChI=1S/C11H24N2O3/c1-10(9-15-2)12-7-11(14)8-13-3-5-16-6-4-13/h10-12,14H,3-9H2,1-2H3. The lowest BCUT2D eigenvalue weighted by molar-refractivity contribution is 0.0140. The van der Waals surface area contributed by atoms with E-state index in [1.54, 1.807) is 7.11 Å². The van der Waals surface area contributed by atoms with Gasteiger partial charge in [-0.2, -0.15) is 0 Å². The fraction of sp³-hybridized carbons (Fsp3) is 1.00. The third-order valence-electron chi connectivity index (χ3n) is 2.69. The Morgan fingerprint density at radius 1 is 1.44 bits per heavy atom. The van der Waals surface area contributed by atoms with E-state index in [1.165, 1.54) is 0 Å². The van der Waals surface area contributed by atoms with E-state index in [2.05, 4.69) is 10.2 Å². The molecule has 1 aliphatic rings. The van der Waals surface area contributed by atoms with Gasteiger partial charge in [0, 0.05) is 39.3 Å². The molecule has 2 atom stereocenters. The van der Waals surface area contributed by atoms with E-state index >= 15 is 0 Å². The number of β-amino-alcohol motifs (C(OH)–C–C–N with tert-alkyl or cyclic N) is 1. The van der Waals surface area contributed by atoms with Gasteiger partial charge < -0.3 is 19.9 Å². The smallest absolute Gasteiger partial charge is 0.0791 e. The number of hydrogen-bond acceptors (Lipinski definition) is 5. The number of rotatable bonds is 7. The van der Waals surface area contributed by atoms with Crippen molar-refractivity contribution in [3.05, 3.63) is 0 Å². The van der Waals surface area contributed by atoms with Gasteiger partial charge in [-0.25, -0.2) is 0 Å². The molecule has 0 bridgehead atoms. The second-order valence-electron chi connectivity index (χ2n) is 4.33. The highest BCUT2D eigenvalue weighted by Crippen LogP contribution is 1.98. The van der Waals surface area contributed by atoms with Crippen molar-refractivity contribution >= 4 is 0 Å². The highest BCUT2D eigenvalue weighted by atomic mass is 16.5. The van der Waals surface area contributed by atoms with Crippen LogP contribution in [0.1, 0.15) is 6.92 Å². The van der Waals surface area contributed by atoms with Crippen molar-refractivity contribution in [3.8, 4) is 0 Å². The Hall–Kier alpha value is -0.200. The first kappa shape index (κ1) is 13.9. The van der Waals surface area contributed by atoms with Crippen molar-refractivity contribution in [3.63, 3.8) is 0 Å². The largest absolute Gasteiger partial charge is 0.390 e. The Kier molecular flexibility index (Phi) is 6.91. The molecule has 0 radical (unpaired) electrons. The molecular weight excluding hydrogens is 208 g/mol. The fourth-order valence-corrected chi connectivity index (χ4v) is 1.79. The van der Waals surface area contributed by atoms with Crippen LogP contribution in [-0.2, 0) is 9.47 Å². The van der Waals surface area contributed by atoms with E-state index in [1.807, 2.05) is 6.92 Å². The van der Waals surface area contributed by atoms with Crippen LogP contribution in [0.15, 0.2) is 0 Å². The first-order valence-electron chi connectivity index (χ1n) is 5.93. The van der Waals surface area contributed by atoms with Crippen LogP contribution in [0.25, 0.3) is 0 Å². The number of aliphatic hydroxyl groups is 1. The van der Waals surface area contributed by atoms with Crippen molar-refractivity contribution in [2.75, 3.05) is 53.1 Å². The minimum atomic E-state index is -0.322. The van der Waals surface area contributed by atoms with Gasteiger partial charge in [0.25, 0.3) is 0 Å². The molecule has 0 aromatic carbocycles. The van der Waals surface area contributed by atoms with E-state index in [0.717, 1.165) is 32.8 Å². The van der Waals surface area contributed by atoms with Crippen LogP contribution >= 0.6 is 0 Å². The van der Waals surface area contributed by atoms with Crippen molar-refractivity contribution in [1.29, 1.82) is 0 Å². The summed E-state index contributed by atoms with van der Waals surface area (Å²) in [5.74, 6) is 0. The molecule has 1 aliphatic heterocycles. The van der Waals surface area contributed by atoms with E-state index in [9.17, 15) is 5.11 Å². The predicted octanol–water partition coefficient (Wildman–Crippen LogP) is -0.696. The topological polar surface area (TPSA) is 54.0 Å². The minimum absolute atomic E-state index is 0.282. The van der Waals surface area contributed by atoms with Gasteiger partial charge in [-0.05, 0) is 6.92 Å². The van der Waals surface area contributed by atoms with E-state index in [-0.39, 0.29) is 12.1 Å². The average Bonchev–Trinajstić information content (AvgIpc) is 2.28. The highest BCUT2D eigenvalue weighted by Gasteiger charge is 2.15. The highest BCUT2D eigenvalue weighted by molar-refractivity contribution is 4.70. The van der Waals surface area contributed by atoms with E-state index in [0.29, 0.717) is 13.2 Å². The Morgan fingerprint density at radius 2 is 2.12 bits per heavy atom. The van der Waals surface area contributed by atoms with Gasteiger partial charge in [0.1, 0.15) is 0 Å². The lowest BCUT2D eigenvalue weighted by Gasteiger charge is -2.29. The molecule has 96 valence electrons. The number of hydrogen-bond donors (Lipinski definition) is 2. The summed E-state index contributed by atoms with van der Waals surface area (Å²) in [4.78, 5) is 2.23. The summed E-state index contributed by atoms with van der Waals surface area (Å²) in [5, 5.41) is 13.1. The van der Waals surface area contributed by atoms with Gasteiger partial charge in [-0.15, -0.1) is 0 Å². The zero-order chi connectivity index (χ0) is 11.8. The molecule has 0 saturated carbocycles. The molecule has 2 unspecified atom stereocenters. The predicted molar refractivity (Wildman–Crippen MR) is 62.6 cm³/mol. The zero-order valence-electron chi connectivity index (χ0n) is 10.3. The Labute approximate surface area is 97.7 Å². The van der Waals surface area contributed by atoms with Crippen LogP contribution in [0.5, 0.6) is 0 Å². The normalized spacial score (nSPS) is 21.9. The van der Waals surface area contributed by atoms with Crippen molar-refractivity contribution < 1.29 is 14.6 Å². The fourth-order valence-electron chi connectivity index (χ4n) is 1.79. The SMILES string of the molecule is COCC(C)NCC(O)CN1CCOCC1. The van der Waals surface area contributed by atoms with E-state index < -0.39 is 0 Å².